The van der Waals surface area contributed by atoms with E-state index in [9.17, 15) is 22.2 Å². The third-order valence-corrected chi connectivity index (χ3v) is 3.95. The van der Waals surface area contributed by atoms with E-state index in [0.29, 0.717) is 6.42 Å². The number of hydrogen-bond donors (Lipinski definition) is 1. The second-order valence-electron chi connectivity index (χ2n) is 5.01. The van der Waals surface area contributed by atoms with Gasteiger partial charge in [0.25, 0.3) is 5.91 Å². The molecule has 1 aromatic rings. The topological polar surface area (TPSA) is 81.8 Å². The Morgan fingerprint density at radius 1 is 1.41 bits per heavy atom. The fourth-order valence-electron chi connectivity index (χ4n) is 1.52. The number of hydrogen-bond acceptors (Lipinski definition) is 3. The third kappa shape index (κ3) is 6.44. The zero-order valence-corrected chi connectivity index (χ0v) is 12.9. The fraction of sp³-hybridized carbons (Fsp3) is 0.462. The van der Waals surface area contributed by atoms with Crippen molar-refractivity contribution in [1.82, 2.24) is 0 Å². The highest BCUT2D eigenvalue weighted by atomic mass is 32.2. The van der Waals surface area contributed by atoms with E-state index in [0.717, 1.165) is 12.1 Å². The number of nitrogens with zero attached hydrogens (tertiary/aromatic N) is 1. The van der Waals surface area contributed by atoms with Gasteiger partial charge in [0.1, 0.15) is 15.7 Å². The van der Waals surface area contributed by atoms with Crippen LogP contribution in [0, 0.1) is 5.92 Å². The lowest BCUT2D eigenvalue weighted by atomic mass is 10.1. The molecule has 0 aliphatic carbocycles. The number of rotatable bonds is 5. The van der Waals surface area contributed by atoms with E-state index >= 15 is 0 Å². The number of nitrogens with two attached hydrogens (primary N) is 1. The summed E-state index contributed by atoms with van der Waals surface area (Å²) in [6, 6.07) is 4.31. The quantitative estimate of drug-likeness (QED) is 0.895. The molecule has 1 amide bonds. The first-order valence-corrected chi connectivity index (χ1v) is 8.01. The number of amides is 1. The van der Waals surface area contributed by atoms with Gasteiger partial charge in [-0.3, -0.25) is 4.79 Å². The van der Waals surface area contributed by atoms with Crippen molar-refractivity contribution in [2.24, 2.45) is 15.4 Å². The minimum atomic E-state index is -4.88. The van der Waals surface area contributed by atoms with Gasteiger partial charge < -0.3 is 4.74 Å². The van der Waals surface area contributed by atoms with Crippen LogP contribution in [0.25, 0.3) is 0 Å². The first-order valence-electron chi connectivity index (χ1n) is 6.43. The maximum absolute atomic E-state index is 12.2. The summed E-state index contributed by atoms with van der Waals surface area (Å²) in [4.78, 5) is 11.4. The second kappa shape index (κ2) is 7.10. The first kappa shape index (κ1) is 18.4. The Morgan fingerprint density at radius 2 is 2.05 bits per heavy atom. The largest absolute Gasteiger partial charge is 0.573 e. The molecular weight excluding hydrogens is 321 g/mol. The molecule has 0 saturated carbocycles. The van der Waals surface area contributed by atoms with Crippen molar-refractivity contribution in [3.63, 3.8) is 0 Å². The molecule has 124 valence electrons. The van der Waals surface area contributed by atoms with E-state index in [1.165, 1.54) is 12.1 Å². The molecule has 0 heterocycles. The summed E-state index contributed by atoms with van der Waals surface area (Å²) in [5, 5.41) is 5.48. The van der Waals surface area contributed by atoms with Crippen LogP contribution in [-0.4, -0.2) is 16.5 Å². The highest BCUT2D eigenvalue weighted by molar-refractivity contribution is 7.91. The molecule has 1 atom stereocenters. The molecule has 2 N–H and O–H groups in total. The molecule has 1 aromatic carbocycles. The monoisotopic (exact) mass is 338 g/mol. The number of carbonyl (C=O) groups excluding carboxylic acids is 1. The average Bonchev–Trinajstić information content (AvgIpc) is 2.34. The van der Waals surface area contributed by atoms with Gasteiger partial charge in [0, 0.05) is 6.42 Å². The molecule has 0 radical (unpaired) electrons. The molecule has 5 nitrogen and oxygen atoms in total. The predicted molar refractivity (Wildman–Crippen MR) is 75.2 cm³/mol. The van der Waals surface area contributed by atoms with Crippen LogP contribution in [0.15, 0.2) is 33.5 Å². The van der Waals surface area contributed by atoms with Gasteiger partial charge in [-0.2, -0.15) is 0 Å². The Morgan fingerprint density at radius 3 is 2.59 bits per heavy atom. The number of ether oxygens (including phenoxy) is 1. The van der Waals surface area contributed by atoms with Gasteiger partial charge in [-0.15, -0.1) is 17.5 Å². The Labute approximate surface area is 127 Å². The zero-order valence-electron chi connectivity index (χ0n) is 12.1. The molecule has 0 aliphatic rings. The van der Waals surface area contributed by atoms with Gasteiger partial charge in [0.15, 0.2) is 0 Å². The summed E-state index contributed by atoms with van der Waals surface area (Å²) in [6.45, 7) is 3.82. The lowest BCUT2D eigenvalue weighted by molar-refractivity contribution is -0.274. The third-order valence-electron chi connectivity index (χ3n) is 2.55. The van der Waals surface area contributed by atoms with Gasteiger partial charge in [-0.1, -0.05) is 19.9 Å². The van der Waals surface area contributed by atoms with Crippen molar-refractivity contribution < 1.29 is 26.9 Å². The standard InChI is InChI=1S/C13H17F3N2O3S/c1-9(2)6-7-12(19)18-22(17,20)11-5-3-4-10(8-11)21-13(14,15)16/h3-5,8-9H,6-7H2,1-2H3,(H2,17,18,19,20). The minimum absolute atomic E-state index is 0.0740. The van der Waals surface area contributed by atoms with E-state index in [-0.39, 0.29) is 17.2 Å². The van der Waals surface area contributed by atoms with Crippen LogP contribution in [0.3, 0.4) is 0 Å². The summed E-state index contributed by atoms with van der Waals surface area (Å²) in [6.07, 6.45) is -4.25. The SMILES string of the molecule is CC(C)CCC(=O)N=S(N)(=O)c1cccc(OC(F)(F)F)c1. The lowest BCUT2D eigenvalue weighted by Crippen LogP contribution is -2.18. The van der Waals surface area contributed by atoms with Crippen LogP contribution in [0.2, 0.25) is 0 Å². The molecule has 0 saturated heterocycles. The molecule has 0 spiro atoms. The average molecular weight is 338 g/mol. The Balaban J connectivity index is 3.00. The maximum atomic E-state index is 12.2. The van der Waals surface area contributed by atoms with Gasteiger partial charge >= 0.3 is 6.36 Å². The van der Waals surface area contributed by atoms with Crippen LogP contribution in [-0.2, 0) is 14.7 Å². The molecule has 1 rings (SSSR count). The normalized spacial score (nSPS) is 14.5. The molecule has 0 bridgehead atoms. The summed E-state index contributed by atoms with van der Waals surface area (Å²) in [7, 11) is -3.61. The number of benzene rings is 1. The predicted octanol–water partition coefficient (Wildman–Crippen LogP) is 3.25. The smallest absolute Gasteiger partial charge is 0.406 e. The van der Waals surface area contributed by atoms with Crippen molar-refractivity contribution >= 4 is 15.8 Å². The van der Waals surface area contributed by atoms with Crippen molar-refractivity contribution in [3.8, 4) is 5.75 Å². The van der Waals surface area contributed by atoms with E-state index in [1.54, 1.807) is 0 Å². The number of alkyl halides is 3. The van der Waals surface area contributed by atoms with Crippen molar-refractivity contribution in [3.05, 3.63) is 24.3 Å². The van der Waals surface area contributed by atoms with Crippen LogP contribution in [0.4, 0.5) is 13.2 Å². The summed E-state index contributed by atoms with van der Waals surface area (Å²) >= 11 is 0. The Kier molecular flexibility index (Phi) is 5.95. The van der Waals surface area contributed by atoms with Crippen LogP contribution in [0.5, 0.6) is 5.75 Å². The van der Waals surface area contributed by atoms with E-state index in [2.05, 4.69) is 9.10 Å². The van der Waals surface area contributed by atoms with Crippen molar-refractivity contribution in [2.45, 2.75) is 37.9 Å². The molecule has 0 fully saturated rings. The summed E-state index contributed by atoms with van der Waals surface area (Å²) in [5.41, 5.74) is 0. The molecular formula is C13H17F3N2O3S. The van der Waals surface area contributed by atoms with Gasteiger partial charge in [0.05, 0.1) is 4.90 Å². The maximum Gasteiger partial charge on any atom is 0.573 e. The highest BCUT2D eigenvalue weighted by Gasteiger charge is 2.31. The van der Waals surface area contributed by atoms with Crippen molar-refractivity contribution in [1.29, 1.82) is 0 Å². The van der Waals surface area contributed by atoms with E-state index in [4.69, 9.17) is 5.14 Å². The van der Waals surface area contributed by atoms with Gasteiger partial charge in [-0.05, 0) is 30.5 Å². The lowest BCUT2D eigenvalue weighted by Gasteiger charge is -2.10. The second-order valence-corrected chi connectivity index (χ2v) is 6.80. The van der Waals surface area contributed by atoms with E-state index in [1.807, 2.05) is 13.8 Å². The number of halogens is 3. The van der Waals surface area contributed by atoms with Gasteiger partial charge in [0.2, 0.25) is 0 Å². The Hall–Kier alpha value is -1.61. The molecule has 1 unspecified atom stereocenters. The zero-order chi connectivity index (χ0) is 17.0. The first-order chi connectivity index (χ1) is 9.99. The molecule has 0 aromatic heterocycles. The van der Waals surface area contributed by atoms with Crippen LogP contribution >= 0.6 is 0 Å². The van der Waals surface area contributed by atoms with Crippen LogP contribution in [0.1, 0.15) is 26.7 Å². The summed E-state index contributed by atoms with van der Waals surface area (Å²) in [5.74, 6) is -0.965. The minimum Gasteiger partial charge on any atom is -0.406 e. The summed E-state index contributed by atoms with van der Waals surface area (Å²) < 4.78 is 55.8. The van der Waals surface area contributed by atoms with E-state index < -0.39 is 27.9 Å². The fourth-order valence-corrected chi connectivity index (χ4v) is 2.57. The highest BCUT2D eigenvalue weighted by Crippen LogP contribution is 2.25. The van der Waals surface area contributed by atoms with Gasteiger partial charge in [-0.25, -0.2) is 9.35 Å². The molecule has 9 heteroatoms. The Bertz CT molecular complexity index is 650. The van der Waals surface area contributed by atoms with Crippen molar-refractivity contribution in [2.75, 3.05) is 0 Å². The molecule has 22 heavy (non-hydrogen) atoms. The van der Waals surface area contributed by atoms with Crippen LogP contribution < -0.4 is 9.88 Å². The number of carbonyl (C=O) groups is 1. The molecule has 0 aliphatic heterocycles.